The minimum Gasteiger partial charge on any atom is -0.352 e. The Morgan fingerprint density at radius 1 is 1.10 bits per heavy atom. The molecule has 120 valence electrons. The summed E-state index contributed by atoms with van der Waals surface area (Å²) in [6, 6.07) is 0.766. The van der Waals surface area contributed by atoms with Crippen molar-refractivity contribution in [3.05, 3.63) is 0 Å². The van der Waals surface area contributed by atoms with E-state index < -0.39 is 0 Å². The molecule has 2 heterocycles. The van der Waals surface area contributed by atoms with Crippen molar-refractivity contribution in [1.82, 2.24) is 10.2 Å². The summed E-state index contributed by atoms with van der Waals surface area (Å²) in [5, 5.41) is 3.23. The maximum absolute atomic E-state index is 12.3. The van der Waals surface area contributed by atoms with Crippen LogP contribution in [0.1, 0.15) is 64.2 Å². The zero-order valence-electron chi connectivity index (χ0n) is 13.2. The highest BCUT2D eigenvalue weighted by molar-refractivity contribution is 5.81. The van der Waals surface area contributed by atoms with Gasteiger partial charge in [0.2, 0.25) is 5.91 Å². The third kappa shape index (κ3) is 3.98. The van der Waals surface area contributed by atoms with Gasteiger partial charge in [-0.05, 0) is 44.6 Å². The maximum Gasteiger partial charge on any atom is 0.237 e. The van der Waals surface area contributed by atoms with Gasteiger partial charge in [-0.15, -0.1) is 0 Å². The van der Waals surface area contributed by atoms with Crippen LogP contribution in [0.25, 0.3) is 0 Å². The van der Waals surface area contributed by atoms with Gasteiger partial charge in [0.25, 0.3) is 0 Å². The topological polar surface area (TPSA) is 58.4 Å². The average molecular weight is 293 g/mol. The Bertz CT molecular complexity index is 354. The van der Waals surface area contributed by atoms with Crippen molar-refractivity contribution in [2.75, 3.05) is 13.1 Å². The number of hydrogen-bond donors (Lipinski definition) is 2. The van der Waals surface area contributed by atoms with Gasteiger partial charge in [-0.2, -0.15) is 0 Å². The largest absolute Gasteiger partial charge is 0.352 e. The third-order valence-corrected chi connectivity index (χ3v) is 5.82. The Hall–Kier alpha value is -0.610. The van der Waals surface area contributed by atoms with E-state index in [9.17, 15) is 4.79 Å². The maximum atomic E-state index is 12.3. The molecule has 3 rings (SSSR count). The van der Waals surface area contributed by atoms with Gasteiger partial charge in [0.1, 0.15) is 0 Å². The lowest BCUT2D eigenvalue weighted by Gasteiger charge is -2.35. The lowest BCUT2D eigenvalue weighted by atomic mass is 9.84. The van der Waals surface area contributed by atoms with Crippen LogP contribution in [0.15, 0.2) is 0 Å². The van der Waals surface area contributed by atoms with Gasteiger partial charge in [0, 0.05) is 18.6 Å². The first-order chi connectivity index (χ1) is 10.2. The Morgan fingerprint density at radius 3 is 2.71 bits per heavy atom. The zero-order valence-corrected chi connectivity index (χ0v) is 13.2. The Morgan fingerprint density at radius 2 is 1.90 bits per heavy atom. The molecule has 3 unspecified atom stereocenters. The number of nitrogens with two attached hydrogens (primary N) is 1. The predicted molar refractivity (Wildman–Crippen MR) is 84.9 cm³/mol. The fraction of sp³-hybridized carbons (Fsp3) is 0.941. The van der Waals surface area contributed by atoms with E-state index >= 15 is 0 Å². The molecule has 1 saturated carbocycles. The van der Waals surface area contributed by atoms with E-state index in [0.29, 0.717) is 18.0 Å². The number of piperidine rings is 1. The number of rotatable bonds is 4. The van der Waals surface area contributed by atoms with Crippen molar-refractivity contribution < 1.29 is 4.79 Å². The number of nitrogens with zero attached hydrogens (tertiary/aromatic N) is 1. The molecule has 4 heteroatoms. The van der Waals surface area contributed by atoms with Crippen LogP contribution in [0.3, 0.4) is 0 Å². The van der Waals surface area contributed by atoms with Crippen molar-refractivity contribution in [3.8, 4) is 0 Å². The smallest absolute Gasteiger partial charge is 0.237 e. The lowest BCUT2D eigenvalue weighted by molar-refractivity contribution is -0.123. The number of carbonyl (C=O) groups excluding carboxylic acids is 1. The van der Waals surface area contributed by atoms with Crippen LogP contribution >= 0.6 is 0 Å². The Kier molecular flexibility index (Phi) is 5.17. The van der Waals surface area contributed by atoms with Crippen molar-refractivity contribution in [2.45, 2.75) is 82.3 Å². The minimum atomic E-state index is -0.297. The molecule has 0 aromatic rings. The van der Waals surface area contributed by atoms with Crippen molar-refractivity contribution >= 4 is 5.91 Å². The molecule has 3 fully saturated rings. The summed E-state index contributed by atoms with van der Waals surface area (Å²) in [6.45, 7) is 2.40. The van der Waals surface area contributed by atoms with E-state index in [2.05, 4.69) is 10.2 Å². The predicted octanol–water partition coefficient (Wildman–Crippen LogP) is 2.03. The number of fused-ring (bicyclic) bond motifs is 1. The summed E-state index contributed by atoms with van der Waals surface area (Å²) in [4.78, 5) is 14.9. The van der Waals surface area contributed by atoms with Gasteiger partial charge < -0.3 is 16.0 Å². The Balaban J connectivity index is 1.42. The molecule has 2 aliphatic heterocycles. The van der Waals surface area contributed by atoms with Gasteiger partial charge in [0.05, 0.1) is 6.04 Å². The molecule has 0 aromatic carbocycles. The molecule has 4 nitrogen and oxygen atoms in total. The minimum absolute atomic E-state index is 0.0945. The molecular weight excluding hydrogens is 262 g/mol. The lowest BCUT2D eigenvalue weighted by Crippen LogP contribution is -2.51. The van der Waals surface area contributed by atoms with Crippen LogP contribution in [0.4, 0.5) is 0 Å². The molecule has 3 N–H and O–H groups in total. The van der Waals surface area contributed by atoms with Gasteiger partial charge in [-0.3, -0.25) is 4.79 Å². The summed E-state index contributed by atoms with van der Waals surface area (Å²) in [7, 11) is 0. The quantitative estimate of drug-likeness (QED) is 0.834. The number of carbonyl (C=O) groups is 1. The van der Waals surface area contributed by atoms with Crippen LogP contribution < -0.4 is 11.1 Å². The highest BCUT2D eigenvalue weighted by atomic mass is 16.2. The van der Waals surface area contributed by atoms with Crippen molar-refractivity contribution in [2.24, 2.45) is 11.7 Å². The van der Waals surface area contributed by atoms with E-state index in [-0.39, 0.29) is 11.9 Å². The monoisotopic (exact) mass is 293 g/mol. The fourth-order valence-corrected chi connectivity index (χ4v) is 4.55. The molecule has 0 bridgehead atoms. The molecule has 0 aromatic heterocycles. The first-order valence-corrected chi connectivity index (χ1v) is 9.02. The molecule has 3 aliphatic rings. The molecular formula is C17H31N3O. The summed E-state index contributed by atoms with van der Waals surface area (Å²) in [6.07, 6.45) is 12.3. The summed E-state index contributed by atoms with van der Waals surface area (Å²) in [5.41, 5.74) is 6.15. The van der Waals surface area contributed by atoms with Gasteiger partial charge in [0.15, 0.2) is 0 Å². The summed E-state index contributed by atoms with van der Waals surface area (Å²) >= 11 is 0. The molecule has 1 aliphatic carbocycles. The average Bonchev–Trinajstić information content (AvgIpc) is 2.95. The standard InChI is InChI=1S/C17H31N3O/c18-16(11-13-5-2-1-3-6-13)17(21)19-14-8-10-20-9-4-7-15(20)12-14/h13-16H,1-12,18H2,(H,19,21). The van der Waals surface area contributed by atoms with Crippen molar-refractivity contribution in [1.29, 1.82) is 0 Å². The highest BCUT2D eigenvalue weighted by Crippen LogP contribution is 2.28. The van der Waals surface area contributed by atoms with E-state index in [1.54, 1.807) is 0 Å². The van der Waals surface area contributed by atoms with E-state index in [4.69, 9.17) is 5.73 Å². The first-order valence-electron chi connectivity index (χ1n) is 9.02. The van der Waals surface area contributed by atoms with Crippen LogP contribution in [0.2, 0.25) is 0 Å². The van der Waals surface area contributed by atoms with Gasteiger partial charge >= 0.3 is 0 Å². The molecule has 21 heavy (non-hydrogen) atoms. The van der Waals surface area contributed by atoms with Gasteiger partial charge in [-0.1, -0.05) is 32.1 Å². The Labute approximate surface area is 128 Å². The summed E-state index contributed by atoms with van der Waals surface area (Å²) < 4.78 is 0. The molecule has 1 amide bonds. The number of hydrogen-bond acceptors (Lipinski definition) is 3. The normalized spacial score (nSPS) is 32.6. The molecule has 0 radical (unpaired) electrons. The van der Waals surface area contributed by atoms with E-state index in [0.717, 1.165) is 25.8 Å². The van der Waals surface area contributed by atoms with E-state index in [1.807, 2.05) is 0 Å². The molecule has 0 spiro atoms. The second-order valence-electron chi connectivity index (χ2n) is 7.41. The second-order valence-corrected chi connectivity index (χ2v) is 7.41. The van der Waals surface area contributed by atoms with Crippen LogP contribution in [-0.2, 0) is 4.79 Å². The number of amides is 1. The second kappa shape index (κ2) is 7.10. The zero-order chi connectivity index (χ0) is 14.7. The van der Waals surface area contributed by atoms with Crippen LogP contribution in [0.5, 0.6) is 0 Å². The fourth-order valence-electron chi connectivity index (χ4n) is 4.55. The highest BCUT2D eigenvalue weighted by Gasteiger charge is 2.33. The van der Waals surface area contributed by atoms with Crippen LogP contribution in [-0.4, -0.2) is 42.0 Å². The third-order valence-electron chi connectivity index (χ3n) is 5.82. The SMILES string of the molecule is NC(CC1CCCCC1)C(=O)NC1CCN2CCCC2C1. The van der Waals surface area contributed by atoms with Gasteiger partial charge in [-0.25, -0.2) is 0 Å². The van der Waals surface area contributed by atoms with Crippen molar-refractivity contribution in [3.63, 3.8) is 0 Å². The summed E-state index contributed by atoms with van der Waals surface area (Å²) in [5.74, 6) is 0.771. The molecule has 3 atom stereocenters. The van der Waals surface area contributed by atoms with Crippen LogP contribution in [0, 0.1) is 5.92 Å². The molecule has 2 saturated heterocycles. The number of nitrogens with one attached hydrogen (secondary N) is 1. The van der Waals surface area contributed by atoms with E-state index in [1.165, 1.54) is 51.5 Å². The first kappa shape index (κ1) is 15.3.